The maximum absolute atomic E-state index is 13.7. The van der Waals surface area contributed by atoms with Crippen LogP contribution in [0.2, 0.25) is 0 Å². The molecule has 1 fully saturated rings. The van der Waals surface area contributed by atoms with Crippen molar-refractivity contribution in [1.29, 1.82) is 0 Å². The monoisotopic (exact) mass is 317 g/mol. The molecule has 1 aromatic carbocycles. The summed E-state index contributed by atoms with van der Waals surface area (Å²) in [6.45, 7) is 3.30. The summed E-state index contributed by atoms with van der Waals surface area (Å²) in [7, 11) is 1.47. The van der Waals surface area contributed by atoms with E-state index >= 15 is 0 Å². The second-order valence-corrected chi connectivity index (χ2v) is 5.71. The van der Waals surface area contributed by atoms with Crippen molar-refractivity contribution in [2.75, 3.05) is 26.8 Å². The molecule has 0 spiro atoms. The molecule has 0 aliphatic carbocycles. The Morgan fingerprint density at radius 1 is 1.35 bits per heavy atom. The minimum Gasteiger partial charge on any atom is -0.494 e. The third-order valence-electron chi connectivity index (χ3n) is 4.00. The number of ether oxygens (including phenoxy) is 2. The van der Waals surface area contributed by atoms with Gasteiger partial charge < -0.3 is 9.47 Å². The highest BCUT2D eigenvalue weighted by molar-refractivity contribution is 5.29. The second kappa shape index (κ2) is 7.37. The van der Waals surface area contributed by atoms with E-state index in [0.717, 1.165) is 31.6 Å². The highest BCUT2D eigenvalue weighted by Gasteiger charge is 2.23. The standard InChI is InChI=1S/C17H20FN3O2/c1-22-16-3-2-13(8-15(16)18)10-21-7-4-14(11-21)12-23-17-9-19-5-6-20-17/h2-3,5-6,8-9,14H,4,7,10-12H2,1H3. The second-order valence-electron chi connectivity index (χ2n) is 5.71. The van der Waals surface area contributed by atoms with E-state index in [-0.39, 0.29) is 11.6 Å². The molecule has 1 aliphatic heterocycles. The predicted octanol–water partition coefficient (Wildman–Crippen LogP) is 2.53. The minimum atomic E-state index is -0.313. The topological polar surface area (TPSA) is 47.5 Å². The Balaban J connectivity index is 1.49. The number of hydrogen-bond acceptors (Lipinski definition) is 5. The Morgan fingerprint density at radius 3 is 3.00 bits per heavy atom. The maximum atomic E-state index is 13.7. The van der Waals surface area contributed by atoms with Gasteiger partial charge in [-0.3, -0.25) is 9.88 Å². The molecule has 0 N–H and O–H groups in total. The lowest BCUT2D eigenvalue weighted by Crippen LogP contribution is -2.22. The molecule has 0 bridgehead atoms. The number of hydrogen-bond donors (Lipinski definition) is 0. The van der Waals surface area contributed by atoms with Crippen LogP contribution in [-0.4, -0.2) is 41.7 Å². The Hall–Kier alpha value is -2.21. The van der Waals surface area contributed by atoms with Gasteiger partial charge in [0.25, 0.3) is 0 Å². The predicted molar refractivity (Wildman–Crippen MR) is 83.9 cm³/mol. The number of aromatic nitrogens is 2. The molecular weight excluding hydrogens is 297 g/mol. The number of halogens is 1. The highest BCUT2D eigenvalue weighted by Crippen LogP contribution is 2.22. The lowest BCUT2D eigenvalue weighted by atomic mass is 10.1. The van der Waals surface area contributed by atoms with Crippen LogP contribution in [0.5, 0.6) is 11.6 Å². The third-order valence-corrected chi connectivity index (χ3v) is 4.00. The van der Waals surface area contributed by atoms with Gasteiger partial charge in [0.15, 0.2) is 11.6 Å². The van der Waals surface area contributed by atoms with E-state index in [1.807, 2.05) is 6.07 Å². The van der Waals surface area contributed by atoms with E-state index < -0.39 is 0 Å². The fourth-order valence-corrected chi connectivity index (χ4v) is 2.82. The molecule has 5 nitrogen and oxygen atoms in total. The van der Waals surface area contributed by atoms with Gasteiger partial charge in [0.1, 0.15) is 0 Å². The summed E-state index contributed by atoms with van der Waals surface area (Å²) in [5, 5.41) is 0. The molecule has 2 aromatic rings. The van der Waals surface area contributed by atoms with Crippen molar-refractivity contribution in [3.8, 4) is 11.6 Å². The Bertz CT molecular complexity index is 639. The molecule has 0 saturated carbocycles. The van der Waals surface area contributed by atoms with Gasteiger partial charge in [0.05, 0.1) is 19.9 Å². The van der Waals surface area contributed by atoms with Crippen molar-refractivity contribution in [3.63, 3.8) is 0 Å². The SMILES string of the molecule is COc1ccc(CN2CCC(COc3cnccn3)C2)cc1F. The Labute approximate surface area is 135 Å². The third kappa shape index (κ3) is 4.16. The van der Waals surface area contributed by atoms with Gasteiger partial charge in [-0.05, 0) is 30.7 Å². The molecule has 122 valence electrons. The largest absolute Gasteiger partial charge is 0.494 e. The van der Waals surface area contributed by atoms with E-state index in [1.165, 1.54) is 7.11 Å². The summed E-state index contributed by atoms with van der Waals surface area (Å²) in [5.41, 5.74) is 0.957. The number of rotatable bonds is 6. The van der Waals surface area contributed by atoms with Crippen LogP contribution < -0.4 is 9.47 Å². The molecule has 1 unspecified atom stereocenters. The van der Waals surface area contributed by atoms with Gasteiger partial charge in [-0.25, -0.2) is 9.37 Å². The summed E-state index contributed by atoms with van der Waals surface area (Å²) in [6.07, 6.45) is 5.93. The lowest BCUT2D eigenvalue weighted by molar-refractivity contribution is 0.231. The number of likely N-dealkylation sites (tertiary alicyclic amines) is 1. The first-order valence-corrected chi connectivity index (χ1v) is 7.68. The van der Waals surface area contributed by atoms with Gasteiger partial charge in [-0.2, -0.15) is 0 Å². The van der Waals surface area contributed by atoms with Crippen molar-refractivity contribution < 1.29 is 13.9 Å². The van der Waals surface area contributed by atoms with E-state index in [2.05, 4.69) is 14.9 Å². The first-order valence-electron chi connectivity index (χ1n) is 7.68. The van der Waals surface area contributed by atoms with Crippen LogP contribution in [0.15, 0.2) is 36.8 Å². The van der Waals surface area contributed by atoms with Crippen LogP contribution in [-0.2, 0) is 6.54 Å². The average Bonchev–Trinajstić information content (AvgIpc) is 3.02. The molecule has 1 saturated heterocycles. The molecule has 1 atom stereocenters. The molecule has 2 heterocycles. The van der Waals surface area contributed by atoms with Crippen LogP contribution in [0, 0.1) is 11.7 Å². The van der Waals surface area contributed by atoms with Crippen LogP contribution in [0.3, 0.4) is 0 Å². The molecular formula is C17H20FN3O2. The van der Waals surface area contributed by atoms with Crippen molar-refractivity contribution in [1.82, 2.24) is 14.9 Å². The zero-order valence-corrected chi connectivity index (χ0v) is 13.1. The molecule has 0 amide bonds. The van der Waals surface area contributed by atoms with Gasteiger partial charge in [-0.15, -0.1) is 0 Å². The Morgan fingerprint density at radius 2 is 2.26 bits per heavy atom. The van der Waals surface area contributed by atoms with Crippen molar-refractivity contribution in [3.05, 3.63) is 48.2 Å². The number of methoxy groups -OCH3 is 1. The Kier molecular flexibility index (Phi) is 5.02. The van der Waals surface area contributed by atoms with Gasteiger partial charge in [-0.1, -0.05) is 6.07 Å². The molecule has 3 rings (SSSR count). The molecule has 0 radical (unpaired) electrons. The molecule has 6 heteroatoms. The molecule has 1 aliphatic rings. The van der Waals surface area contributed by atoms with Gasteiger partial charge in [0.2, 0.25) is 5.88 Å². The van der Waals surface area contributed by atoms with E-state index in [1.54, 1.807) is 30.7 Å². The van der Waals surface area contributed by atoms with Gasteiger partial charge >= 0.3 is 0 Å². The zero-order chi connectivity index (χ0) is 16.1. The normalized spacial score (nSPS) is 18.1. The average molecular weight is 317 g/mol. The first kappa shape index (κ1) is 15.7. The fraction of sp³-hybridized carbons (Fsp3) is 0.412. The fourth-order valence-electron chi connectivity index (χ4n) is 2.82. The van der Waals surface area contributed by atoms with E-state index in [0.29, 0.717) is 18.4 Å². The quantitative estimate of drug-likeness (QED) is 0.819. The zero-order valence-electron chi connectivity index (χ0n) is 13.1. The maximum Gasteiger partial charge on any atom is 0.232 e. The smallest absolute Gasteiger partial charge is 0.232 e. The number of nitrogens with zero attached hydrogens (tertiary/aromatic N) is 3. The van der Waals surface area contributed by atoms with Crippen LogP contribution in [0.25, 0.3) is 0 Å². The summed E-state index contributed by atoms with van der Waals surface area (Å²) >= 11 is 0. The molecule has 23 heavy (non-hydrogen) atoms. The van der Waals surface area contributed by atoms with Gasteiger partial charge in [0, 0.05) is 31.4 Å². The minimum absolute atomic E-state index is 0.283. The van der Waals surface area contributed by atoms with Crippen molar-refractivity contribution >= 4 is 0 Å². The summed E-state index contributed by atoms with van der Waals surface area (Å²) in [6, 6.07) is 5.13. The first-order chi connectivity index (χ1) is 11.2. The number of benzene rings is 1. The van der Waals surface area contributed by atoms with E-state index in [4.69, 9.17) is 9.47 Å². The molecule has 1 aromatic heterocycles. The van der Waals surface area contributed by atoms with Crippen LogP contribution in [0.1, 0.15) is 12.0 Å². The highest BCUT2D eigenvalue weighted by atomic mass is 19.1. The van der Waals surface area contributed by atoms with Crippen LogP contribution in [0.4, 0.5) is 4.39 Å². The summed E-state index contributed by atoms with van der Waals surface area (Å²) in [5.74, 6) is 0.987. The summed E-state index contributed by atoms with van der Waals surface area (Å²) in [4.78, 5) is 10.4. The lowest BCUT2D eigenvalue weighted by Gasteiger charge is -2.16. The van der Waals surface area contributed by atoms with E-state index in [9.17, 15) is 4.39 Å². The van der Waals surface area contributed by atoms with Crippen LogP contribution >= 0.6 is 0 Å². The van der Waals surface area contributed by atoms with Crippen molar-refractivity contribution in [2.24, 2.45) is 5.92 Å². The van der Waals surface area contributed by atoms with Crippen molar-refractivity contribution in [2.45, 2.75) is 13.0 Å². The summed E-state index contributed by atoms with van der Waals surface area (Å²) < 4.78 is 24.3.